The van der Waals surface area contributed by atoms with Gasteiger partial charge in [0.15, 0.2) is 0 Å². The third-order valence-corrected chi connectivity index (χ3v) is 5.23. The molecule has 0 saturated carbocycles. The number of carbonyl (C=O) groups excluding carboxylic acids is 1. The van der Waals surface area contributed by atoms with Gasteiger partial charge in [-0.1, -0.05) is 56.1 Å². The van der Waals surface area contributed by atoms with Crippen molar-refractivity contribution in [3.63, 3.8) is 0 Å². The van der Waals surface area contributed by atoms with Crippen LogP contribution in [-0.2, 0) is 9.53 Å². The topological polar surface area (TPSA) is 51.0 Å². The summed E-state index contributed by atoms with van der Waals surface area (Å²) in [7, 11) is 1.08. The number of methoxy groups -OCH3 is 1. The number of esters is 1. The highest BCUT2D eigenvalue weighted by molar-refractivity contribution is 9.10. The van der Waals surface area contributed by atoms with E-state index in [-0.39, 0.29) is 19.4 Å². The third-order valence-electron chi connectivity index (χ3n) is 4.17. The Labute approximate surface area is 185 Å². The molecule has 2 aromatic carbocycles. The first-order chi connectivity index (χ1) is 13.9. The van der Waals surface area contributed by atoms with Crippen LogP contribution in [0.3, 0.4) is 0 Å². The van der Waals surface area contributed by atoms with Crippen molar-refractivity contribution in [2.45, 2.75) is 24.8 Å². The number of ether oxygens (including phenoxy) is 1. The van der Waals surface area contributed by atoms with Crippen molar-refractivity contribution in [3.8, 4) is 0 Å². The molecule has 0 N–H and O–H groups in total. The van der Waals surface area contributed by atoms with Gasteiger partial charge in [0.2, 0.25) is 5.54 Å². The van der Waals surface area contributed by atoms with Crippen LogP contribution in [-0.4, -0.2) is 44.0 Å². The summed E-state index contributed by atoms with van der Waals surface area (Å²) >= 11 is 6.66. The normalized spacial score (nSPS) is 13.9. The maximum atomic E-state index is 13.9. The standard InChI is InChI=1S/C21H20Br2F2N2O2/c1-29-20(28)21(19(24)25,27-14-16-5-9-18(23)10-6-16)11-2-12-26-13-15-3-7-17(22)8-4-15/h3-10,13-14,19H,2,11-12H2,1H3. The number of halogens is 4. The smallest absolute Gasteiger partial charge is 0.339 e. The predicted octanol–water partition coefficient (Wildman–Crippen LogP) is 5.71. The van der Waals surface area contributed by atoms with E-state index in [0.717, 1.165) is 21.6 Å². The van der Waals surface area contributed by atoms with Crippen molar-refractivity contribution < 1.29 is 18.3 Å². The summed E-state index contributed by atoms with van der Waals surface area (Å²) in [6.07, 6.45) is 0.0177. The summed E-state index contributed by atoms with van der Waals surface area (Å²) in [4.78, 5) is 20.4. The molecule has 2 aromatic rings. The van der Waals surface area contributed by atoms with Crippen molar-refractivity contribution in [2.24, 2.45) is 9.98 Å². The molecule has 0 spiro atoms. The van der Waals surface area contributed by atoms with E-state index in [9.17, 15) is 13.6 Å². The maximum Gasteiger partial charge on any atom is 0.339 e. The maximum absolute atomic E-state index is 13.9. The fourth-order valence-corrected chi connectivity index (χ4v) is 3.08. The molecule has 0 aromatic heterocycles. The van der Waals surface area contributed by atoms with Crippen LogP contribution >= 0.6 is 31.9 Å². The zero-order valence-corrected chi connectivity index (χ0v) is 18.9. The van der Waals surface area contributed by atoms with Crippen LogP contribution in [0.2, 0.25) is 0 Å². The van der Waals surface area contributed by atoms with Crippen molar-refractivity contribution >= 4 is 50.3 Å². The van der Waals surface area contributed by atoms with Crippen LogP contribution in [0.5, 0.6) is 0 Å². The lowest BCUT2D eigenvalue weighted by molar-refractivity contribution is -0.153. The Hall–Kier alpha value is -1.93. The predicted molar refractivity (Wildman–Crippen MR) is 118 cm³/mol. The van der Waals surface area contributed by atoms with Crippen LogP contribution in [0.25, 0.3) is 0 Å². The molecular formula is C21H20Br2F2N2O2. The molecule has 0 heterocycles. The molecule has 0 aliphatic rings. The zero-order chi connectivity index (χ0) is 21.3. The van der Waals surface area contributed by atoms with Crippen LogP contribution in [0, 0.1) is 0 Å². The molecule has 0 amide bonds. The Kier molecular flexibility index (Phi) is 9.10. The number of carbonyl (C=O) groups is 1. The fourth-order valence-electron chi connectivity index (χ4n) is 2.55. The van der Waals surface area contributed by atoms with E-state index in [1.165, 1.54) is 6.21 Å². The van der Waals surface area contributed by atoms with Gasteiger partial charge in [0.1, 0.15) is 0 Å². The van der Waals surface area contributed by atoms with E-state index in [4.69, 9.17) is 0 Å². The molecule has 0 bridgehead atoms. The molecule has 0 fully saturated rings. The summed E-state index contributed by atoms with van der Waals surface area (Å²) in [5.41, 5.74) is -0.750. The van der Waals surface area contributed by atoms with E-state index in [1.807, 2.05) is 24.3 Å². The van der Waals surface area contributed by atoms with Gasteiger partial charge in [-0.25, -0.2) is 13.6 Å². The molecule has 8 heteroatoms. The van der Waals surface area contributed by atoms with Gasteiger partial charge in [0, 0.05) is 27.9 Å². The fraction of sp³-hybridized carbons (Fsp3) is 0.286. The van der Waals surface area contributed by atoms with Crippen molar-refractivity contribution in [2.75, 3.05) is 13.7 Å². The number of alkyl halides is 2. The summed E-state index contributed by atoms with van der Waals surface area (Å²) in [6, 6.07) is 14.5. The largest absolute Gasteiger partial charge is 0.467 e. The Morgan fingerprint density at radius 1 is 1.03 bits per heavy atom. The third kappa shape index (κ3) is 6.82. The quantitative estimate of drug-likeness (QED) is 0.237. The van der Waals surface area contributed by atoms with E-state index >= 15 is 0 Å². The molecule has 154 valence electrons. The molecule has 29 heavy (non-hydrogen) atoms. The molecule has 0 radical (unpaired) electrons. The van der Waals surface area contributed by atoms with Crippen LogP contribution < -0.4 is 0 Å². The summed E-state index contributed by atoms with van der Waals surface area (Å²) in [5.74, 6) is -1.06. The van der Waals surface area contributed by atoms with Crippen molar-refractivity contribution in [3.05, 3.63) is 68.6 Å². The highest BCUT2D eigenvalue weighted by Gasteiger charge is 2.47. The molecule has 1 unspecified atom stereocenters. The number of hydrogen-bond donors (Lipinski definition) is 0. The van der Waals surface area contributed by atoms with Gasteiger partial charge in [-0.15, -0.1) is 0 Å². The molecule has 0 saturated heterocycles. The monoisotopic (exact) mass is 528 g/mol. The number of rotatable bonds is 9. The minimum absolute atomic E-state index is 0.179. The molecule has 4 nitrogen and oxygen atoms in total. The van der Waals surface area contributed by atoms with Gasteiger partial charge in [-0.3, -0.25) is 9.98 Å². The number of hydrogen-bond acceptors (Lipinski definition) is 4. The van der Waals surface area contributed by atoms with Gasteiger partial charge in [-0.05, 0) is 48.2 Å². The Morgan fingerprint density at radius 2 is 1.55 bits per heavy atom. The minimum atomic E-state index is -3.00. The van der Waals surface area contributed by atoms with E-state index in [1.54, 1.807) is 30.5 Å². The second-order valence-corrected chi connectivity index (χ2v) is 8.05. The van der Waals surface area contributed by atoms with Crippen molar-refractivity contribution in [1.29, 1.82) is 0 Å². The molecule has 0 aliphatic carbocycles. The molecule has 0 aliphatic heterocycles. The SMILES string of the molecule is COC(=O)C(CCCN=Cc1ccc(Br)cc1)(N=Cc1ccc(Br)cc1)C(F)F. The summed E-state index contributed by atoms with van der Waals surface area (Å²) < 4.78 is 34.3. The van der Waals surface area contributed by atoms with Crippen LogP contribution in [0.4, 0.5) is 8.78 Å². The average molecular weight is 530 g/mol. The minimum Gasteiger partial charge on any atom is -0.467 e. The lowest BCUT2D eigenvalue weighted by Gasteiger charge is -2.25. The van der Waals surface area contributed by atoms with Crippen LogP contribution in [0.15, 0.2) is 67.5 Å². The van der Waals surface area contributed by atoms with Gasteiger partial charge >= 0.3 is 5.97 Å². The first-order valence-electron chi connectivity index (χ1n) is 8.80. The molecular weight excluding hydrogens is 510 g/mol. The van der Waals surface area contributed by atoms with Crippen molar-refractivity contribution in [1.82, 2.24) is 0 Å². The highest BCUT2D eigenvalue weighted by Crippen LogP contribution is 2.28. The zero-order valence-electron chi connectivity index (χ0n) is 15.7. The van der Waals surface area contributed by atoms with Gasteiger partial charge in [0.25, 0.3) is 6.43 Å². The first kappa shape index (κ1) is 23.3. The average Bonchev–Trinajstić information content (AvgIpc) is 2.72. The number of benzene rings is 2. The lowest BCUT2D eigenvalue weighted by atomic mass is 9.94. The summed E-state index contributed by atoms with van der Waals surface area (Å²) in [6.45, 7) is 0.287. The van der Waals surface area contributed by atoms with Gasteiger partial charge in [-0.2, -0.15) is 0 Å². The Morgan fingerprint density at radius 3 is 2.03 bits per heavy atom. The lowest BCUT2D eigenvalue weighted by Crippen LogP contribution is -2.45. The van der Waals surface area contributed by atoms with E-state index in [2.05, 4.69) is 46.6 Å². The second-order valence-electron chi connectivity index (χ2n) is 6.22. The first-order valence-corrected chi connectivity index (χ1v) is 10.4. The van der Waals surface area contributed by atoms with Gasteiger partial charge in [0.05, 0.1) is 7.11 Å². The second kappa shape index (κ2) is 11.3. The number of aliphatic imine (C=N–C) groups is 2. The van der Waals surface area contributed by atoms with Crippen LogP contribution in [0.1, 0.15) is 24.0 Å². The van der Waals surface area contributed by atoms with E-state index < -0.39 is 17.9 Å². The highest BCUT2D eigenvalue weighted by atomic mass is 79.9. The Balaban J connectivity index is 2.09. The number of nitrogens with zero attached hydrogens (tertiary/aromatic N) is 2. The molecule has 2 rings (SSSR count). The Bertz CT molecular complexity index is 856. The van der Waals surface area contributed by atoms with E-state index in [0.29, 0.717) is 5.56 Å². The summed E-state index contributed by atoms with van der Waals surface area (Å²) in [5, 5.41) is 0. The molecule has 1 atom stereocenters. The van der Waals surface area contributed by atoms with Gasteiger partial charge < -0.3 is 4.74 Å².